The first-order valence-electron chi connectivity index (χ1n) is 7.30. The molecule has 6 nitrogen and oxygen atoms in total. The predicted octanol–water partition coefficient (Wildman–Crippen LogP) is 1.19. The Hall–Kier alpha value is -1.95. The van der Waals surface area contributed by atoms with E-state index in [2.05, 4.69) is 32.2 Å². The number of aromatic nitrogens is 2. The van der Waals surface area contributed by atoms with Crippen molar-refractivity contribution in [2.75, 3.05) is 19.8 Å². The van der Waals surface area contributed by atoms with Crippen LogP contribution in [-0.2, 0) is 11.3 Å². The lowest BCUT2D eigenvalue weighted by Crippen LogP contribution is -2.45. The van der Waals surface area contributed by atoms with Crippen molar-refractivity contribution in [2.24, 2.45) is 4.99 Å². The number of hydrogen-bond donors (Lipinski definition) is 2. The largest absolute Gasteiger partial charge is 0.381 e. The van der Waals surface area contributed by atoms with Crippen LogP contribution in [0.2, 0.25) is 0 Å². The summed E-state index contributed by atoms with van der Waals surface area (Å²) in [5, 5.41) is 6.68. The predicted molar refractivity (Wildman–Crippen MR) is 83.1 cm³/mol. The molecule has 21 heavy (non-hydrogen) atoms. The summed E-state index contributed by atoms with van der Waals surface area (Å²) in [4.78, 5) is 13.0. The Morgan fingerprint density at radius 3 is 3.05 bits per heavy atom. The fourth-order valence-corrected chi connectivity index (χ4v) is 2.11. The van der Waals surface area contributed by atoms with Crippen LogP contribution in [0.15, 0.2) is 29.9 Å². The Labute approximate surface area is 125 Å². The third kappa shape index (κ3) is 5.51. The summed E-state index contributed by atoms with van der Waals surface area (Å²) >= 11 is 0. The van der Waals surface area contributed by atoms with Gasteiger partial charge in [-0.2, -0.15) is 0 Å². The molecule has 0 unspecified atom stereocenters. The molecule has 2 N–H and O–H groups in total. The van der Waals surface area contributed by atoms with Crippen LogP contribution in [0, 0.1) is 6.92 Å². The number of hydrogen-bond acceptors (Lipinski definition) is 4. The van der Waals surface area contributed by atoms with E-state index in [0.717, 1.165) is 43.5 Å². The van der Waals surface area contributed by atoms with Gasteiger partial charge in [0.2, 0.25) is 0 Å². The van der Waals surface area contributed by atoms with Crippen LogP contribution in [0.4, 0.5) is 0 Å². The van der Waals surface area contributed by atoms with Gasteiger partial charge in [-0.15, -0.1) is 6.58 Å². The molecule has 0 bridgehead atoms. The van der Waals surface area contributed by atoms with Gasteiger partial charge in [0.1, 0.15) is 5.82 Å². The van der Waals surface area contributed by atoms with Gasteiger partial charge in [-0.1, -0.05) is 6.08 Å². The molecule has 0 aromatic carbocycles. The number of aliphatic imine (C=N–C) groups is 1. The van der Waals surface area contributed by atoms with Crippen LogP contribution in [0.3, 0.4) is 0 Å². The van der Waals surface area contributed by atoms with Gasteiger partial charge in [-0.3, -0.25) is 0 Å². The van der Waals surface area contributed by atoms with Crippen LogP contribution < -0.4 is 10.6 Å². The second-order valence-corrected chi connectivity index (χ2v) is 4.96. The summed E-state index contributed by atoms with van der Waals surface area (Å²) in [6, 6.07) is 2.29. The summed E-state index contributed by atoms with van der Waals surface area (Å²) in [6.45, 7) is 8.41. The molecule has 1 fully saturated rings. The van der Waals surface area contributed by atoms with Crippen molar-refractivity contribution in [1.82, 2.24) is 20.6 Å². The maximum absolute atomic E-state index is 5.37. The molecule has 0 aliphatic carbocycles. The Bertz CT molecular complexity index is 483. The standard InChI is InChI=1S/C15H23N5O/c1-3-7-17-15(20-13-5-9-21-10-6-13)18-11-14-4-8-16-12(2)19-14/h3-4,8,13H,1,5-7,9-11H2,2H3,(H2,17,18,20). The van der Waals surface area contributed by atoms with E-state index in [-0.39, 0.29) is 0 Å². The van der Waals surface area contributed by atoms with E-state index in [1.165, 1.54) is 0 Å². The van der Waals surface area contributed by atoms with E-state index in [0.29, 0.717) is 19.1 Å². The maximum atomic E-state index is 5.37. The lowest BCUT2D eigenvalue weighted by molar-refractivity contribution is 0.0822. The Kier molecular flexibility index (Phi) is 6.15. The highest BCUT2D eigenvalue weighted by Gasteiger charge is 2.14. The van der Waals surface area contributed by atoms with Gasteiger partial charge < -0.3 is 15.4 Å². The highest BCUT2D eigenvalue weighted by molar-refractivity contribution is 5.80. The molecule has 114 valence electrons. The molecule has 1 aliphatic rings. The zero-order chi connectivity index (χ0) is 14.9. The smallest absolute Gasteiger partial charge is 0.192 e. The van der Waals surface area contributed by atoms with Gasteiger partial charge >= 0.3 is 0 Å². The topological polar surface area (TPSA) is 71.4 Å². The van der Waals surface area contributed by atoms with Gasteiger partial charge in [0.05, 0.1) is 12.2 Å². The average molecular weight is 289 g/mol. The molecule has 0 atom stereocenters. The zero-order valence-corrected chi connectivity index (χ0v) is 12.5. The van der Waals surface area contributed by atoms with Crippen molar-refractivity contribution in [1.29, 1.82) is 0 Å². The summed E-state index contributed by atoms with van der Waals surface area (Å²) in [5.41, 5.74) is 0.911. The van der Waals surface area contributed by atoms with Gasteiger partial charge in [0, 0.05) is 32.0 Å². The SMILES string of the molecule is C=CCNC(=NCc1ccnc(C)n1)NC1CCOCC1. The molecule has 0 saturated carbocycles. The molecule has 0 spiro atoms. The highest BCUT2D eigenvalue weighted by Crippen LogP contribution is 2.06. The number of rotatable bonds is 5. The van der Waals surface area contributed by atoms with E-state index < -0.39 is 0 Å². The van der Waals surface area contributed by atoms with Crippen molar-refractivity contribution >= 4 is 5.96 Å². The second kappa shape index (κ2) is 8.36. The summed E-state index contributed by atoms with van der Waals surface area (Å²) in [6.07, 6.45) is 5.58. The van der Waals surface area contributed by atoms with Crippen LogP contribution >= 0.6 is 0 Å². The summed E-state index contributed by atoms with van der Waals surface area (Å²) < 4.78 is 5.37. The van der Waals surface area contributed by atoms with E-state index in [1.54, 1.807) is 6.20 Å². The molecular weight excluding hydrogens is 266 g/mol. The van der Waals surface area contributed by atoms with Gasteiger partial charge in [-0.25, -0.2) is 15.0 Å². The minimum atomic E-state index is 0.405. The van der Waals surface area contributed by atoms with Crippen molar-refractivity contribution < 1.29 is 4.74 Å². The molecule has 1 aromatic heterocycles. The molecule has 0 amide bonds. The van der Waals surface area contributed by atoms with Crippen LogP contribution in [0.25, 0.3) is 0 Å². The molecule has 1 aliphatic heterocycles. The molecular formula is C15H23N5O. The third-order valence-electron chi connectivity index (χ3n) is 3.21. The molecule has 0 radical (unpaired) electrons. The lowest BCUT2D eigenvalue weighted by Gasteiger charge is -2.25. The molecule has 1 aromatic rings. The normalized spacial score (nSPS) is 16.5. The lowest BCUT2D eigenvalue weighted by atomic mass is 10.1. The quantitative estimate of drug-likeness (QED) is 0.484. The molecule has 1 saturated heterocycles. The summed E-state index contributed by atoms with van der Waals surface area (Å²) in [5.74, 6) is 1.55. The van der Waals surface area contributed by atoms with Crippen molar-refractivity contribution in [2.45, 2.75) is 32.4 Å². The monoisotopic (exact) mass is 289 g/mol. The summed E-state index contributed by atoms with van der Waals surface area (Å²) in [7, 11) is 0. The first-order chi connectivity index (χ1) is 10.3. The van der Waals surface area contributed by atoms with Gasteiger partial charge in [0.25, 0.3) is 0 Å². The minimum Gasteiger partial charge on any atom is -0.381 e. The van der Waals surface area contributed by atoms with E-state index in [4.69, 9.17) is 4.74 Å². The number of nitrogens with one attached hydrogen (secondary N) is 2. The Balaban J connectivity index is 1.96. The van der Waals surface area contributed by atoms with Crippen molar-refractivity contribution in [3.05, 3.63) is 36.4 Å². The van der Waals surface area contributed by atoms with Crippen LogP contribution in [-0.4, -0.2) is 41.7 Å². The fourth-order valence-electron chi connectivity index (χ4n) is 2.11. The molecule has 2 rings (SSSR count). The Morgan fingerprint density at radius 1 is 1.52 bits per heavy atom. The number of aryl methyl sites for hydroxylation is 1. The van der Waals surface area contributed by atoms with E-state index in [1.807, 2.05) is 19.1 Å². The average Bonchev–Trinajstić information content (AvgIpc) is 2.51. The minimum absolute atomic E-state index is 0.405. The van der Waals surface area contributed by atoms with Gasteiger partial charge in [0.15, 0.2) is 5.96 Å². The third-order valence-corrected chi connectivity index (χ3v) is 3.21. The van der Waals surface area contributed by atoms with Crippen molar-refractivity contribution in [3.63, 3.8) is 0 Å². The number of ether oxygens (including phenoxy) is 1. The zero-order valence-electron chi connectivity index (χ0n) is 12.5. The van der Waals surface area contributed by atoms with E-state index >= 15 is 0 Å². The number of guanidine groups is 1. The highest BCUT2D eigenvalue weighted by atomic mass is 16.5. The number of nitrogens with zero attached hydrogens (tertiary/aromatic N) is 3. The molecule has 6 heteroatoms. The molecule has 2 heterocycles. The first-order valence-corrected chi connectivity index (χ1v) is 7.30. The van der Waals surface area contributed by atoms with Gasteiger partial charge in [-0.05, 0) is 25.8 Å². The first kappa shape index (κ1) is 15.4. The van der Waals surface area contributed by atoms with E-state index in [9.17, 15) is 0 Å². The van der Waals surface area contributed by atoms with Crippen LogP contribution in [0.1, 0.15) is 24.4 Å². The van der Waals surface area contributed by atoms with Crippen LogP contribution in [0.5, 0.6) is 0 Å². The Morgan fingerprint density at radius 2 is 2.33 bits per heavy atom. The maximum Gasteiger partial charge on any atom is 0.192 e. The fraction of sp³-hybridized carbons (Fsp3) is 0.533. The second-order valence-electron chi connectivity index (χ2n) is 4.96. The van der Waals surface area contributed by atoms with Crippen molar-refractivity contribution in [3.8, 4) is 0 Å².